The van der Waals surface area contributed by atoms with E-state index >= 15 is 0 Å². The van der Waals surface area contributed by atoms with Crippen molar-refractivity contribution in [1.29, 1.82) is 0 Å². The molecule has 0 fully saturated rings. The molecule has 0 aliphatic carbocycles. The largest absolute Gasteiger partial charge is 0.480 e. The molecule has 6 nitrogen and oxygen atoms in total. The van der Waals surface area contributed by atoms with E-state index in [2.05, 4.69) is 10.6 Å². The molecule has 0 aliphatic rings. The van der Waals surface area contributed by atoms with Crippen LogP contribution in [-0.2, 0) is 11.2 Å². The molecule has 0 spiro atoms. The number of nitrogens with one attached hydrogen (secondary N) is 2. The Morgan fingerprint density at radius 1 is 1.37 bits per heavy atom. The van der Waals surface area contributed by atoms with Crippen molar-refractivity contribution in [2.24, 2.45) is 0 Å². The number of rotatable bonds is 6. The van der Waals surface area contributed by atoms with Crippen molar-refractivity contribution in [2.75, 3.05) is 11.9 Å². The van der Waals surface area contributed by atoms with Gasteiger partial charge in [0.1, 0.15) is 6.04 Å². The topological polar surface area (TPSA) is 98.7 Å². The number of carbonyl (C=O) groups is 2. The molecule has 0 radical (unpaired) electrons. The first-order valence-electron chi connectivity index (χ1n) is 6.07. The maximum atomic E-state index is 11.6. The van der Waals surface area contributed by atoms with E-state index in [0.717, 1.165) is 12.0 Å². The molecule has 1 atom stereocenters. The lowest BCUT2D eigenvalue weighted by Crippen LogP contribution is -2.43. The van der Waals surface area contributed by atoms with Crippen LogP contribution in [-0.4, -0.2) is 34.9 Å². The van der Waals surface area contributed by atoms with Crippen molar-refractivity contribution in [3.63, 3.8) is 0 Å². The number of carbonyl (C=O) groups excluding carboxylic acids is 1. The van der Waals surface area contributed by atoms with Gasteiger partial charge in [-0.3, -0.25) is 0 Å². The Balaban J connectivity index is 2.60. The van der Waals surface area contributed by atoms with Crippen molar-refractivity contribution in [2.45, 2.75) is 25.8 Å². The molecule has 0 saturated heterocycles. The molecule has 6 heteroatoms. The summed E-state index contributed by atoms with van der Waals surface area (Å²) in [4.78, 5) is 22.5. The Labute approximate surface area is 111 Å². The molecule has 4 N–H and O–H groups in total. The molecule has 0 bridgehead atoms. The summed E-state index contributed by atoms with van der Waals surface area (Å²) in [7, 11) is 0. The van der Waals surface area contributed by atoms with Gasteiger partial charge in [0, 0.05) is 18.7 Å². The minimum absolute atomic E-state index is 0.0300. The average Bonchev–Trinajstić information content (AvgIpc) is 2.38. The van der Waals surface area contributed by atoms with E-state index in [0.29, 0.717) is 5.69 Å². The summed E-state index contributed by atoms with van der Waals surface area (Å²) in [5.74, 6) is -1.17. The third-order valence-corrected chi connectivity index (χ3v) is 2.61. The Hall–Kier alpha value is -2.08. The van der Waals surface area contributed by atoms with Crippen LogP contribution in [0.1, 0.15) is 18.9 Å². The Kier molecular flexibility index (Phi) is 5.81. The van der Waals surface area contributed by atoms with Crippen LogP contribution in [0.4, 0.5) is 10.5 Å². The lowest BCUT2D eigenvalue weighted by Gasteiger charge is -2.14. The lowest BCUT2D eigenvalue weighted by molar-refractivity contribution is -0.139. The summed E-state index contributed by atoms with van der Waals surface area (Å²) >= 11 is 0. The molecule has 1 aromatic carbocycles. The maximum Gasteiger partial charge on any atom is 0.326 e. The summed E-state index contributed by atoms with van der Waals surface area (Å²) < 4.78 is 0. The second-order valence-corrected chi connectivity index (χ2v) is 4.06. The summed E-state index contributed by atoms with van der Waals surface area (Å²) in [5, 5.41) is 22.4. The zero-order valence-electron chi connectivity index (χ0n) is 10.7. The SMILES string of the molecule is CCc1cccc(NC(=O)N[C@H](CCO)C(=O)O)c1. The van der Waals surface area contributed by atoms with Gasteiger partial charge in [0.15, 0.2) is 0 Å². The number of carboxylic acids is 1. The van der Waals surface area contributed by atoms with Crippen LogP contribution in [0.25, 0.3) is 0 Å². The Morgan fingerprint density at radius 2 is 2.11 bits per heavy atom. The van der Waals surface area contributed by atoms with Crippen LogP contribution in [0.2, 0.25) is 0 Å². The second-order valence-electron chi connectivity index (χ2n) is 4.06. The van der Waals surface area contributed by atoms with Gasteiger partial charge in [-0.2, -0.15) is 0 Å². The number of urea groups is 1. The molecule has 0 heterocycles. The highest BCUT2D eigenvalue weighted by Crippen LogP contribution is 2.10. The van der Waals surface area contributed by atoms with E-state index < -0.39 is 18.0 Å². The minimum Gasteiger partial charge on any atom is -0.480 e. The Bertz CT molecular complexity index is 448. The van der Waals surface area contributed by atoms with Gasteiger partial charge >= 0.3 is 12.0 Å². The smallest absolute Gasteiger partial charge is 0.326 e. The van der Waals surface area contributed by atoms with Crippen LogP contribution in [0.15, 0.2) is 24.3 Å². The number of hydrogen-bond donors (Lipinski definition) is 4. The van der Waals surface area contributed by atoms with Crippen LogP contribution >= 0.6 is 0 Å². The number of carboxylic acid groups (broad SMARTS) is 1. The monoisotopic (exact) mass is 266 g/mol. The highest BCUT2D eigenvalue weighted by atomic mass is 16.4. The van der Waals surface area contributed by atoms with Gasteiger partial charge in [-0.15, -0.1) is 0 Å². The molecule has 1 aromatic rings. The zero-order chi connectivity index (χ0) is 14.3. The van der Waals surface area contributed by atoms with E-state index in [1.54, 1.807) is 6.07 Å². The molecular formula is C13H18N2O4. The highest BCUT2D eigenvalue weighted by molar-refractivity contribution is 5.92. The zero-order valence-corrected chi connectivity index (χ0v) is 10.7. The van der Waals surface area contributed by atoms with Gasteiger partial charge in [0.05, 0.1) is 0 Å². The fourth-order valence-corrected chi connectivity index (χ4v) is 1.58. The van der Waals surface area contributed by atoms with Crippen LogP contribution < -0.4 is 10.6 Å². The molecule has 0 saturated carbocycles. The average molecular weight is 266 g/mol. The first-order chi connectivity index (χ1) is 9.06. The third-order valence-electron chi connectivity index (χ3n) is 2.61. The predicted octanol–water partition coefficient (Wildman–Crippen LogP) is 1.21. The first-order valence-corrected chi connectivity index (χ1v) is 6.07. The van der Waals surface area contributed by atoms with Gasteiger partial charge in [0.2, 0.25) is 0 Å². The van der Waals surface area contributed by atoms with Crippen molar-refractivity contribution >= 4 is 17.7 Å². The van der Waals surface area contributed by atoms with Crippen LogP contribution in [0, 0.1) is 0 Å². The van der Waals surface area contributed by atoms with Gasteiger partial charge < -0.3 is 20.8 Å². The van der Waals surface area contributed by atoms with E-state index in [9.17, 15) is 9.59 Å². The maximum absolute atomic E-state index is 11.6. The number of benzene rings is 1. The number of amides is 2. The number of hydrogen-bond acceptors (Lipinski definition) is 3. The molecular weight excluding hydrogens is 248 g/mol. The van der Waals surface area contributed by atoms with Crippen molar-refractivity contribution < 1.29 is 19.8 Å². The van der Waals surface area contributed by atoms with Crippen LogP contribution in [0.3, 0.4) is 0 Å². The number of anilines is 1. The van der Waals surface area contributed by atoms with Gasteiger partial charge in [-0.25, -0.2) is 9.59 Å². The number of aliphatic carboxylic acids is 1. The number of aliphatic hydroxyl groups excluding tert-OH is 1. The molecule has 19 heavy (non-hydrogen) atoms. The molecule has 2 amide bonds. The fourth-order valence-electron chi connectivity index (χ4n) is 1.58. The molecule has 0 aromatic heterocycles. The van der Waals surface area contributed by atoms with E-state index in [4.69, 9.17) is 10.2 Å². The molecule has 104 valence electrons. The number of aryl methyl sites for hydroxylation is 1. The number of aliphatic hydroxyl groups is 1. The molecule has 0 aliphatic heterocycles. The van der Waals surface area contributed by atoms with Gasteiger partial charge in [0.25, 0.3) is 0 Å². The second kappa shape index (κ2) is 7.38. The van der Waals surface area contributed by atoms with Gasteiger partial charge in [-0.1, -0.05) is 19.1 Å². The van der Waals surface area contributed by atoms with Crippen LogP contribution in [0.5, 0.6) is 0 Å². The van der Waals surface area contributed by atoms with E-state index in [1.807, 2.05) is 25.1 Å². The standard InChI is InChI=1S/C13H18N2O4/c1-2-9-4-3-5-10(8-9)14-13(19)15-11(6-7-16)12(17)18/h3-5,8,11,16H,2,6-7H2,1H3,(H,17,18)(H2,14,15,19)/t11-/m1/s1. The lowest BCUT2D eigenvalue weighted by atomic mass is 10.1. The van der Waals surface area contributed by atoms with Gasteiger partial charge in [-0.05, 0) is 24.1 Å². The van der Waals surface area contributed by atoms with E-state index in [-0.39, 0.29) is 13.0 Å². The summed E-state index contributed by atoms with van der Waals surface area (Å²) in [6.07, 6.45) is 0.817. The first kappa shape index (κ1) is 15.0. The Morgan fingerprint density at radius 3 is 2.68 bits per heavy atom. The van der Waals surface area contributed by atoms with Crippen molar-refractivity contribution in [3.8, 4) is 0 Å². The molecule has 0 unspecified atom stereocenters. The normalized spacial score (nSPS) is 11.7. The summed E-state index contributed by atoms with van der Waals surface area (Å²) in [5.41, 5.74) is 1.67. The third kappa shape index (κ3) is 4.97. The quantitative estimate of drug-likeness (QED) is 0.622. The van der Waals surface area contributed by atoms with Crippen molar-refractivity contribution in [1.82, 2.24) is 5.32 Å². The fraction of sp³-hybridized carbons (Fsp3) is 0.385. The highest BCUT2D eigenvalue weighted by Gasteiger charge is 2.19. The van der Waals surface area contributed by atoms with E-state index in [1.165, 1.54) is 0 Å². The summed E-state index contributed by atoms with van der Waals surface area (Å²) in [6.45, 7) is 1.70. The molecule has 1 rings (SSSR count). The van der Waals surface area contributed by atoms with Crippen molar-refractivity contribution in [3.05, 3.63) is 29.8 Å². The predicted molar refractivity (Wildman–Crippen MR) is 71.1 cm³/mol. The summed E-state index contributed by atoms with van der Waals surface area (Å²) in [6, 6.07) is 5.60. The minimum atomic E-state index is -1.17.